The van der Waals surface area contributed by atoms with Crippen molar-refractivity contribution in [1.82, 2.24) is 15.1 Å². The van der Waals surface area contributed by atoms with Crippen molar-refractivity contribution in [3.63, 3.8) is 0 Å². The van der Waals surface area contributed by atoms with Gasteiger partial charge in [0.15, 0.2) is 5.69 Å². The van der Waals surface area contributed by atoms with Crippen LogP contribution in [0.25, 0.3) is 0 Å². The molecule has 0 saturated heterocycles. The summed E-state index contributed by atoms with van der Waals surface area (Å²) in [4.78, 5) is 12.0. The Morgan fingerprint density at radius 3 is 2.69 bits per heavy atom. The van der Waals surface area contributed by atoms with Crippen LogP contribution < -0.4 is 10.6 Å². The van der Waals surface area contributed by atoms with Crippen molar-refractivity contribution in [2.75, 3.05) is 11.9 Å². The van der Waals surface area contributed by atoms with Crippen LogP contribution in [0.1, 0.15) is 35.4 Å². The van der Waals surface area contributed by atoms with Crippen LogP contribution in [0, 0.1) is 6.92 Å². The summed E-state index contributed by atoms with van der Waals surface area (Å²) in [5.41, 5.74) is 1.80. The zero-order valence-corrected chi connectivity index (χ0v) is 14.5. The molecule has 1 aliphatic rings. The summed E-state index contributed by atoms with van der Waals surface area (Å²) in [6.07, 6.45) is -1.84. The van der Waals surface area contributed by atoms with Crippen LogP contribution in [0.4, 0.5) is 23.7 Å². The van der Waals surface area contributed by atoms with Crippen LogP contribution in [0.15, 0.2) is 24.3 Å². The fraction of sp³-hybridized carbons (Fsp3) is 0.444. The van der Waals surface area contributed by atoms with Gasteiger partial charge in [0.2, 0.25) is 0 Å². The Morgan fingerprint density at radius 2 is 1.96 bits per heavy atom. The molecule has 140 valence electrons. The summed E-state index contributed by atoms with van der Waals surface area (Å²) >= 11 is 0. The highest BCUT2D eigenvalue weighted by atomic mass is 19.4. The second-order valence-electron chi connectivity index (χ2n) is 6.40. The number of halogens is 3. The molecule has 1 aromatic carbocycles. The van der Waals surface area contributed by atoms with Crippen LogP contribution in [0.2, 0.25) is 0 Å². The first-order valence-electron chi connectivity index (χ1n) is 8.62. The van der Waals surface area contributed by atoms with E-state index in [1.807, 2.05) is 25.1 Å². The molecule has 0 atom stereocenters. The monoisotopic (exact) mass is 366 g/mol. The van der Waals surface area contributed by atoms with E-state index in [0.29, 0.717) is 29.8 Å². The average Bonchev–Trinajstić information content (AvgIpc) is 2.96. The molecule has 0 spiro atoms. The minimum absolute atomic E-state index is 0.198. The van der Waals surface area contributed by atoms with Crippen LogP contribution in [-0.2, 0) is 25.6 Å². The third-order valence-electron chi connectivity index (χ3n) is 4.53. The van der Waals surface area contributed by atoms with Gasteiger partial charge in [-0.05, 0) is 44.2 Å². The summed E-state index contributed by atoms with van der Waals surface area (Å²) in [5.74, 6) is 0. The Morgan fingerprint density at radius 1 is 1.23 bits per heavy atom. The zero-order valence-electron chi connectivity index (χ0n) is 14.5. The normalized spacial score (nSPS) is 14.0. The van der Waals surface area contributed by atoms with E-state index < -0.39 is 17.9 Å². The number of nitrogens with zero attached hydrogens (tertiary/aromatic N) is 2. The van der Waals surface area contributed by atoms with Crippen molar-refractivity contribution in [1.29, 1.82) is 0 Å². The Balaban J connectivity index is 1.62. The topological polar surface area (TPSA) is 59.0 Å². The number of hydrogen-bond donors (Lipinski definition) is 2. The van der Waals surface area contributed by atoms with E-state index >= 15 is 0 Å². The lowest BCUT2D eigenvalue weighted by atomic mass is 9.95. The van der Waals surface area contributed by atoms with E-state index in [-0.39, 0.29) is 13.1 Å². The molecule has 0 unspecified atom stereocenters. The number of amides is 2. The number of aromatic nitrogens is 2. The highest BCUT2D eigenvalue weighted by Gasteiger charge is 2.39. The maximum Gasteiger partial charge on any atom is 0.435 e. The highest BCUT2D eigenvalue weighted by Crippen LogP contribution is 2.35. The SMILES string of the molecule is Cc1ccccc1NC(=O)NCCn1nc(C(F)(F)F)c2c1CCCC2. The maximum atomic E-state index is 13.2. The molecule has 1 aromatic heterocycles. The molecule has 0 radical (unpaired) electrons. The first-order valence-corrected chi connectivity index (χ1v) is 8.62. The molecule has 26 heavy (non-hydrogen) atoms. The Kier molecular flexibility index (Phi) is 5.20. The van der Waals surface area contributed by atoms with Gasteiger partial charge in [0.05, 0.1) is 6.54 Å². The summed E-state index contributed by atoms with van der Waals surface area (Å²) in [7, 11) is 0. The second kappa shape index (κ2) is 7.39. The third kappa shape index (κ3) is 4.00. The van der Waals surface area contributed by atoms with Crippen molar-refractivity contribution < 1.29 is 18.0 Å². The summed E-state index contributed by atoms with van der Waals surface area (Å²) < 4.78 is 40.9. The molecule has 0 bridgehead atoms. The fourth-order valence-electron chi connectivity index (χ4n) is 3.24. The zero-order chi connectivity index (χ0) is 18.7. The minimum atomic E-state index is -4.44. The average molecular weight is 366 g/mol. The van der Waals surface area contributed by atoms with Crippen molar-refractivity contribution in [2.24, 2.45) is 0 Å². The summed E-state index contributed by atoms with van der Waals surface area (Å²) in [6.45, 7) is 2.28. The number of carbonyl (C=O) groups excluding carboxylic acids is 1. The molecule has 0 aliphatic heterocycles. The molecule has 5 nitrogen and oxygen atoms in total. The number of aryl methyl sites for hydroxylation is 1. The number of para-hydroxylation sites is 1. The standard InChI is InChI=1S/C18H21F3N4O/c1-12-6-2-4-8-14(12)23-17(26)22-10-11-25-15-9-5-3-7-13(15)16(24-25)18(19,20)21/h2,4,6,8H,3,5,7,9-11H2,1H3,(H2,22,23,26). The van der Waals surface area contributed by atoms with Crippen LogP contribution >= 0.6 is 0 Å². The van der Waals surface area contributed by atoms with Crippen molar-refractivity contribution >= 4 is 11.7 Å². The highest BCUT2D eigenvalue weighted by molar-refractivity contribution is 5.89. The first-order chi connectivity index (χ1) is 12.4. The number of urea groups is 1. The van der Waals surface area contributed by atoms with Gasteiger partial charge < -0.3 is 10.6 Å². The number of fused-ring (bicyclic) bond motifs is 1. The Hall–Kier alpha value is -2.51. The van der Waals surface area contributed by atoms with Gasteiger partial charge in [-0.15, -0.1) is 0 Å². The Labute approximate surface area is 149 Å². The number of carbonyl (C=O) groups is 1. The fourth-order valence-corrected chi connectivity index (χ4v) is 3.24. The van der Waals surface area contributed by atoms with Crippen LogP contribution in [-0.4, -0.2) is 22.4 Å². The van der Waals surface area contributed by atoms with E-state index in [4.69, 9.17) is 0 Å². The molecular weight excluding hydrogens is 345 g/mol. The van der Waals surface area contributed by atoms with Gasteiger partial charge in [-0.3, -0.25) is 4.68 Å². The van der Waals surface area contributed by atoms with Gasteiger partial charge in [0, 0.05) is 23.5 Å². The molecule has 8 heteroatoms. The van der Waals surface area contributed by atoms with Gasteiger partial charge in [0.1, 0.15) is 0 Å². The largest absolute Gasteiger partial charge is 0.435 e. The van der Waals surface area contributed by atoms with Gasteiger partial charge in [-0.2, -0.15) is 18.3 Å². The lowest BCUT2D eigenvalue weighted by molar-refractivity contribution is -0.142. The van der Waals surface area contributed by atoms with E-state index in [2.05, 4.69) is 15.7 Å². The Bertz CT molecular complexity index is 798. The van der Waals surface area contributed by atoms with Gasteiger partial charge in [-0.25, -0.2) is 4.79 Å². The van der Waals surface area contributed by atoms with E-state index in [0.717, 1.165) is 18.4 Å². The lowest BCUT2D eigenvalue weighted by Crippen LogP contribution is -2.32. The predicted octanol–water partition coefficient (Wildman–Crippen LogP) is 3.91. The summed E-state index contributed by atoms with van der Waals surface area (Å²) in [6, 6.07) is 6.96. The van der Waals surface area contributed by atoms with Crippen molar-refractivity contribution in [2.45, 2.75) is 45.3 Å². The molecule has 2 N–H and O–H groups in total. The lowest BCUT2D eigenvalue weighted by Gasteiger charge is -2.15. The number of rotatable bonds is 4. The second-order valence-corrected chi connectivity index (χ2v) is 6.40. The molecule has 2 amide bonds. The van der Waals surface area contributed by atoms with Gasteiger partial charge >= 0.3 is 12.2 Å². The molecule has 1 aliphatic carbocycles. The first kappa shape index (κ1) is 18.3. The van der Waals surface area contributed by atoms with E-state index in [1.165, 1.54) is 4.68 Å². The molecule has 0 fully saturated rings. The van der Waals surface area contributed by atoms with Crippen LogP contribution in [0.3, 0.4) is 0 Å². The smallest absolute Gasteiger partial charge is 0.336 e. The molecule has 1 heterocycles. The number of nitrogens with one attached hydrogen (secondary N) is 2. The molecule has 2 aromatic rings. The summed E-state index contributed by atoms with van der Waals surface area (Å²) in [5, 5.41) is 9.18. The predicted molar refractivity (Wildman–Crippen MR) is 92.1 cm³/mol. The number of hydrogen-bond acceptors (Lipinski definition) is 2. The van der Waals surface area contributed by atoms with Crippen molar-refractivity contribution in [3.8, 4) is 0 Å². The quantitative estimate of drug-likeness (QED) is 0.862. The van der Waals surface area contributed by atoms with Crippen LogP contribution in [0.5, 0.6) is 0 Å². The minimum Gasteiger partial charge on any atom is -0.336 e. The van der Waals surface area contributed by atoms with Gasteiger partial charge in [0.25, 0.3) is 0 Å². The molecule has 0 saturated carbocycles. The number of benzene rings is 1. The number of alkyl halides is 3. The third-order valence-corrected chi connectivity index (χ3v) is 4.53. The number of anilines is 1. The van der Waals surface area contributed by atoms with Crippen molar-refractivity contribution in [3.05, 3.63) is 46.8 Å². The van der Waals surface area contributed by atoms with E-state index in [9.17, 15) is 18.0 Å². The molecule has 3 rings (SSSR count). The van der Waals surface area contributed by atoms with Gasteiger partial charge in [-0.1, -0.05) is 18.2 Å². The maximum absolute atomic E-state index is 13.2. The molecular formula is C18H21F3N4O. The van der Waals surface area contributed by atoms with E-state index in [1.54, 1.807) is 6.07 Å².